The van der Waals surface area contributed by atoms with Gasteiger partial charge in [0.05, 0.1) is 12.2 Å². The van der Waals surface area contributed by atoms with Crippen LogP contribution in [0.25, 0.3) is 0 Å². The minimum Gasteiger partial charge on any atom is -0.481 e. The molecular formula is C13H15NO3S. The predicted octanol–water partition coefficient (Wildman–Crippen LogP) is 2.04. The largest absolute Gasteiger partial charge is 0.481 e. The molecule has 4 nitrogen and oxygen atoms in total. The van der Waals surface area contributed by atoms with Crippen molar-refractivity contribution in [2.24, 2.45) is 0 Å². The fourth-order valence-corrected chi connectivity index (χ4v) is 3.14. The number of rotatable bonds is 4. The van der Waals surface area contributed by atoms with Gasteiger partial charge in [0.2, 0.25) is 5.91 Å². The number of hydrogen-bond acceptors (Lipinski definition) is 3. The highest BCUT2D eigenvalue weighted by Crippen LogP contribution is 2.38. The Morgan fingerprint density at radius 2 is 2.11 bits per heavy atom. The van der Waals surface area contributed by atoms with Crippen LogP contribution in [-0.4, -0.2) is 34.2 Å². The van der Waals surface area contributed by atoms with Crippen molar-refractivity contribution in [3.8, 4) is 0 Å². The summed E-state index contributed by atoms with van der Waals surface area (Å²) in [5.41, 5.74) is 2.23. The second kappa shape index (κ2) is 5.44. The van der Waals surface area contributed by atoms with Crippen molar-refractivity contribution < 1.29 is 14.7 Å². The molecule has 0 aliphatic carbocycles. The van der Waals surface area contributed by atoms with Crippen LogP contribution in [0.1, 0.15) is 22.9 Å². The molecule has 1 fully saturated rings. The fourth-order valence-electron chi connectivity index (χ4n) is 1.92. The van der Waals surface area contributed by atoms with E-state index in [2.05, 4.69) is 0 Å². The van der Waals surface area contributed by atoms with Crippen molar-refractivity contribution in [3.63, 3.8) is 0 Å². The molecule has 1 saturated heterocycles. The van der Waals surface area contributed by atoms with Crippen LogP contribution in [0, 0.1) is 6.92 Å². The number of nitrogens with zero attached hydrogens (tertiary/aromatic N) is 1. The van der Waals surface area contributed by atoms with E-state index in [0.29, 0.717) is 5.75 Å². The predicted molar refractivity (Wildman–Crippen MR) is 70.3 cm³/mol. The molecule has 0 saturated carbocycles. The maximum atomic E-state index is 11.7. The fraction of sp³-hybridized carbons (Fsp3) is 0.385. The molecule has 1 aromatic rings. The van der Waals surface area contributed by atoms with Crippen molar-refractivity contribution in [1.82, 2.24) is 4.90 Å². The monoisotopic (exact) mass is 265 g/mol. The Morgan fingerprint density at radius 3 is 2.72 bits per heavy atom. The third kappa shape index (κ3) is 2.85. The number of benzene rings is 1. The van der Waals surface area contributed by atoms with Crippen LogP contribution in [0.2, 0.25) is 0 Å². The van der Waals surface area contributed by atoms with E-state index in [-0.39, 0.29) is 24.2 Å². The number of thioether (sulfide) groups is 1. The number of carbonyl (C=O) groups excluding carboxylic acids is 1. The molecule has 1 heterocycles. The molecule has 0 unspecified atom stereocenters. The Labute approximate surface area is 110 Å². The summed E-state index contributed by atoms with van der Waals surface area (Å²) < 4.78 is 0. The van der Waals surface area contributed by atoms with Gasteiger partial charge < -0.3 is 10.0 Å². The molecule has 96 valence electrons. The molecule has 0 bridgehead atoms. The van der Waals surface area contributed by atoms with Crippen LogP contribution in [0.5, 0.6) is 0 Å². The smallest absolute Gasteiger partial charge is 0.305 e. The lowest BCUT2D eigenvalue weighted by atomic mass is 10.1. The van der Waals surface area contributed by atoms with E-state index in [1.807, 2.05) is 31.2 Å². The van der Waals surface area contributed by atoms with Crippen molar-refractivity contribution >= 4 is 23.6 Å². The maximum absolute atomic E-state index is 11.7. The lowest BCUT2D eigenvalue weighted by molar-refractivity contribution is -0.138. The summed E-state index contributed by atoms with van der Waals surface area (Å²) in [6.45, 7) is 2.29. The summed E-state index contributed by atoms with van der Waals surface area (Å²) in [5, 5.41) is 8.66. The number of carboxylic acid groups (broad SMARTS) is 1. The van der Waals surface area contributed by atoms with Gasteiger partial charge in [-0.25, -0.2) is 0 Å². The normalized spacial score (nSPS) is 19.3. The van der Waals surface area contributed by atoms with Gasteiger partial charge in [0.15, 0.2) is 0 Å². The Kier molecular flexibility index (Phi) is 3.91. The minimum absolute atomic E-state index is 0.00530. The number of amides is 1. The highest BCUT2D eigenvalue weighted by Gasteiger charge is 2.32. The first-order valence-corrected chi connectivity index (χ1v) is 6.82. The molecule has 5 heteroatoms. The van der Waals surface area contributed by atoms with Crippen molar-refractivity contribution in [3.05, 3.63) is 35.4 Å². The first-order chi connectivity index (χ1) is 8.58. The van der Waals surface area contributed by atoms with E-state index >= 15 is 0 Å². The molecule has 1 amide bonds. The second-order valence-corrected chi connectivity index (χ2v) is 5.37. The van der Waals surface area contributed by atoms with Gasteiger partial charge in [0, 0.05) is 6.54 Å². The van der Waals surface area contributed by atoms with E-state index in [4.69, 9.17) is 5.11 Å². The van der Waals surface area contributed by atoms with Crippen molar-refractivity contribution in [2.75, 3.05) is 12.3 Å². The molecule has 0 spiro atoms. The summed E-state index contributed by atoms with van der Waals surface area (Å²) in [6.07, 6.45) is -0.00530. The van der Waals surface area contributed by atoms with Gasteiger partial charge >= 0.3 is 5.97 Å². The Hall–Kier alpha value is -1.49. The first-order valence-electron chi connectivity index (χ1n) is 5.77. The van der Waals surface area contributed by atoms with Gasteiger partial charge in [0.25, 0.3) is 0 Å². The zero-order valence-electron chi connectivity index (χ0n) is 10.1. The summed E-state index contributed by atoms with van der Waals surface area (Å²) in [4.78, 5) is 24.0. The highest BCUT2D eigenvalue weighted by atomic mass is 32.2. The average Bonchev–Trinajstić information content (AvgIpc) is 2.69. The molecular weight excluding hydrogens is 250 g/mol. The van der Waals surface area contributed by atoms with Gasteiger partial charge in [-0.3, -0.25) is 9.59 Å². The number of carboxylic acids is 1. The van der Waals surface area contributed by atoms with Gasteiger partial charge in [-0.15, -0.1) is 11.8 Å². The first kappa shape index (κ1) is 13.0. The Bertz CT molecular complexity index is 458. The summed E-state index contributed by atoms with van der Waals surface area (Å²) >= 11 is 1.55. The van der Waals surface area contributed by atoms with Crippen molar-refractivity contribution in [2.45, 2.75) is 18.7 Å². The molecule has 0 aromatic heterocycles. The van der Waals surface area contributed by atoms with Crippen LogP contribution in [0.3, 0.4) is 0 Å². The third-order valence-corrected chi connectivity index (χ3v) is 4.15. The second-order valence-electron chi connectivity index (χ2n) is 4.30. The van der Waals surface area contributed by atoms with Crippen LogP contribution >= 0.6 is 11.8 Å². The lowest BCUT2D eigenvalue weighted by Crippen LogP contribution is -2.30. The zero-order chi connectivity index (χ0) is 13.1. The van der Waals surface area contributed by atoms with Crippen LogP contribution < -0.4 is 0 Å². The number of aryl methyl sites for hydroxylation is 1. The summed E-state index contributed by atoms with van der Waals surface area (Å²) in [5.74, 6) is -0.424. The topological polar surface area (TPSA) is 57.6 Å². The molecule has 18 heavy (non-hydrogen) atoms. The quantitative estimate of drug-likeness (QED) is 0.905. The molecule has 1 aromatic carbocycles. The van der Waals surface area contributed by atoms with Crippen LogP contribution in [-0.2, 0) is 9.59 Å². The standard InChI is InChI=1S/C13H15NO3S/c1-9-2-4-10(5-3-9)13-14(7-6-12(16)17)11(15)8-18-13/h2-5,13H,6-8H2,1H3,(H,16,17)/t13-/m1/s1. The number of carbonyl (C=O) groups is 2. The minimum atomic E-state index is -0.873. The number of aliphatic carboxylic acids is 1. The molecule has 1 N–H and O–H groups in total. The van der Waals surface area contributed by atoms with Gasteiger partial charge in [-0.1, -0.05) is 29.8 Å². The Morgan fingerprint density at radius 1 is 1.44 bits per heavy atom. The lowest BCUT2D eigenvalue weighted by Gasteiger charge is -2.23. The van der Waals surface area contributed by atoms with Gasteiger partial charge in [-0.05, 0) is 12.5 Å². The van der Waals surface area contributed by atoms with Gasteiger partial charge in [-0.2, -0.15) is 0 Å². The van der Waals surface area contributed by atoms with Crippen LogP contribution in [0.4, 0.5) is 0 Å². The molecule has 2 rings (SSSR count). The molecule has 1 aliphatic rings. The molecule has 1 aliphatic heterocycles. The van der Waals surface area contributed by atoms with E-state index in [1.54, 1.807) is 16.7 Å². The van der Waals surface area contributed by atoms with E-state index < -0.39 is 5.97 Å². The molecule has 1 atom stereocenters. The number of hydrogen-bond donors (Lipinski definition) is 1. The van der Waals surface area contributed by atoms with Crippen molar-refractivity contribution in [1.29, 1.82) is 0 Å². The van der Waals surface area contributed by atoms with Crippen LogP contribution in [0.15, 0.2) is 24.3 Å². The zero-order valence-corrected chi connectivity index (χ0v) is 10.9. The Balaban J connectivity index is 2.13. The maximum Gasteiger partial charge on any atom is 0.305 e. The summed E-state index contributed by atoms with van der Waals surface area (Å²) in [7, 11) is 0. The van der Waals surface area contributed by atoms with E-state index in [9.17, 15) is 9.59 Å². The highest BCUT2D eigenvalue weighted by molar-refractivity contribution is 8.00. The SMILES string of the molecule is Cc1ccc([C@H]2SCC(=O)N2CCC(=O)O)cc1. The van der Waals surface area contributed by atoms with E-state index in [0.717, 1.165) is 5.56 Å². The van der Waals surface area contributed by atoms with E-state index in [1.165, 1.54) is 5.56 Å². The van der Waals surface area contributed by atoms with Gasteiger partial charge in [0.1, 0.15) is 5.37 Å². The molecule has 0 radical (unpaired) electrons. The third-order valence-electron chi connectivity index (χ3n) is 2.90. The average molecular weight is 265 g/mol. The summed E-state index contributed by atoms with van der Waals surface area (Å²) in [6, 6.07) is 8.01.